The molecule has 2 aromatic carbocycles. The van der Waals surface area contributed by atoms with Gasteiger partial charge >= 0.3 is 5.97 Å². The molecule has 0 atom stereocenters. The summed E-state index contributed by atoms with van der Waals surface area (Å²) in [7, 11) is 1.35. The van der Waals surface area contributed by atoms with Gasteiger partial charge in [0.1, 0.15) is 0 Å². The van der Waals surface area contributed by atoms with Crippen LogP contribution in [-0.4, -0.2) is 13.1 Å². The van der Waals surface area contributed by atoms with E-state index in [4.69, 9.17) is 16.3 Å². The lowest BCUT2D eigenvalue weighted by atomic mass is 10.1. The molecule has 0 aliphatic carbocycles. The predicted molar refractivity (Wildman–Crippen MR) is 89.0 cm³/mol. The third kappa shape index (κ3) is 3.99. The molecule has 0 amide bonds. The maximum Gasteiger partial charge on any atom is 0.340 e. The highest BCUT2D eigenvalue weighted by atomic mass is 79.9. The molecule has 21 heavy (non-hydrogen) atoms. The number of methoxy groups -OCH3 is 1. The molecule has 0 unspecified atom stereocenters. The average Bonchev–Trinajstić information content (AvgIpc) is 2.48. The Morgan fingerprint density at radius 3 is 2.71 bits per heavy atom. The van der Waals surface area contributed by atoms with Crippen LogP contribution in [0.3, 0.4) is 0 Å². The highest BCUT2D eigenvalue weighted by molar-refractivity contribution is 9.10. The molecule has 110 valence electrons. The molecule has 3 nitrogen and oxygen atoms in total. The first-order valence-corrected chi connectivity index (χ1v) is 7.55. The summed E-state index contributed by atoms with van der Waals surface area (Å²) in [6.07, 6.45) is 0. The van der Waals surface area contributed by atoms with Gasteiger partial charge in [0.15, 0.2) is 0 Å². The van der Waals surface area contributed by atoms with Gasteiger partial charge in [-0.1, -0.05) is 39.7 Å². The molecule has 0 aliphatic rings. The molecule has 0 spiro atoms. The minimum absolute atomic E-state index is 0.412. The lowest BCUT2D eigenvalue weighted by molar-refractivity contribution is 0.0602. The summed E-state index contributed by atoms with van der Waals surface area (Å²) in [5.74, 6) is -0.412. The number of benzene rings is 2. The fourth-order valence-electron chi connectivity index (χ4n) is 1.89. The molecule has 0 aliphatic heterocycles. The first-order valence-electron chi connectivity index (χ1n) is 6.38. The molecule has 0 saturated heterocycles. The SMILES string of the molecule is COC(=O)c1cc(Cl)ccc1NCc1ccc(C)c(Br)c1. The van der Waals surface area contributed by atoms with Crippen LogP contribution in [0, 0.1) is 6.92 Å². The lowest BCUT2D eigenvalue weighted by Crippen LogP contribution is -2.08. The van der Waals surface area contributed by atoms with Gasteiger partial charge in [0.2, 0.25) is 0 Å². The number of hydrogen-bond acceptors (Lipinski definition) is 3. The number of aryl methyl sites for hydroxylation is 1. The van der Waals surface area contributed by atoms with Gasteiger partial charge in [0.25, 0.3) is 0 Å². The standard InChI is InChI=1S/C16H15BrClNO2/c1-10-3-4-11(7-14(10)17)9-19-15-6-5-12(18)8-13(15)16(20)21-2/h3-8,19H,9H2,1-2H3. The Kier molecular flexibility index (Phi) is 5.26. The zero-order valence-corrected chi connectivity index (χ0v) is 14.1. The molecule has 0 fully saturated rings. The van der Waals surface area contributed by atoms with Crippen molar-refractivity contribution in [2.45, 2.75) is 13.5 Å². The molecule has 0 heterocycles. The average molecular weight is 369 g/mol. The number of nitrogens with one attached hydrogen (secondary N) is 1. The number of hydrogen-bond donors (Lipinski definition) is 1. The van der Waals surface area contributed by atoms with Gasteiger partial charge < -0.3 is 10.1 Å². The maximum absolute atomic E-state index is 11.8. The van der Waals surface area contributed by atoms with Gasteiger partial charge in [-0.3, -0.25) is 0 Å². The van der Waals surface area contributed by atoms with E-state index in [0.717, 1.165) is 10.0 Å². The fraction of sp³-hybridized carbons (Fsp3) is 0.188. The number of carbonyl (C=O) groups excluding carboxylic acids is 1. The topological polar surface area (TPSA) is 38.3 Å². The van der Waals surface area contributed by atoms with Gasteiger partial charge in [0.05, 0.1) is 12.7 Å². The van der Waals surface area contributed by atoms with Crippen molar-refractivity contribution in [3.8, 4) is 0 Å². The second-order valence-electron chi connectivity index (χ2n) is 4.62. The Labute approximate surface area is 137 Å². The Hall–Kier alpha value is -1.52. The van der Waals surface area contributed by atoms with Crippen LogP contribution in [-0.2, 0) is 11.3 Å². The molecule has 0 saturated carbocycles. The van der Waals surface area contributed by atoms with E-state index in [-0.39, 0.29) is 0 Å². The molecule has 0 radical (unpaired) electrons. The summed E-state index contributed by atoms with van der Waals surface area (Å²) in [5.41, 5.74) is 3.41. The van der Waals surface area contributed by atoms with Crippen LogP contribution >= 0.6 is 27.5 Å². The largest absolute Gasteiger partial charge is 0.465 e. The fourth-order valence-corrected chi connectivity index (χ4v) is 2.49. The number of esters is 1. The maximum atomic E-state index is 11.8. The van der Waals surface area contributed by atoms with Crippen molar-refractivity contribution < 1.29 is 9.53 Å². The van der Waals surface area contributed by atoms with E-state index in [0.29, 0.717) is 22.8 Å². The van der Waals surface area contributed by atoms with Crippen LogP contribution in [0.25, 0.3) is 0 Å². The summed E-state index contributed by atoms with van der Waals surface area (Å²) < 4.78 is 5.83. The Balaban J connectivity index is 2.19. The van der Waals surface area contributed by atoms with E-state index in [1.165, 1.54) is 12.7 Å². The minimum atomic E-state index is -0.412. The van der Waals surface area contributed by atoms with Gasteiger partial charge in [-0.2, -0.15) is 0 Å². The number of ether oxygens (including phenoxy) is 1. The van der Waals surface area contributed by atoms with E-state index in [2.05, 4.69) is 27.3 Å². The van der Waals surface area contributed by atoms with Crippen molar-refractivity contribution in [3.05, 3.63) is 62.6 Å². The molecular weight excluding hydrogens is 354 g/mol. The summed E-state index contributed by atoms with van der Waals surface area (Å²) in [6.45, 7) is 2.64. The highest BCUT2D eigenvalue weighted by Gasteiger charge is 2.12. The third-order valence-corrected chi connectivity index (χ3v) is 4.20. The van der Waals surface area contributed by atoms with E-state index < -0.39 is 5.97 Å². The summed E-state index contributed by atoms with van der Waals surface area (Å²) in [6, 6.07) is 11.3. The van der Waals surface area contributed by atoms with E-state index in [1.54, 1.807) is 18.2 Å². The number of carbonyl (C=O) groups is 1. The van der Waals surface area contributed by atoms with Crippen LogP contribution < -0.4 is 5.32 Å². The number of halogens is 2. The smallest absolute Gasteiger partial charge is 0.340 e. The van der Waals surface area contributed by atoms with Gasteiger partial charge in [-0.15, -0.1) is 0 Å². The van der Waals surface area contributed by atoms with Crippen LogP contribution in [0.15, 0.2) is 40.9 Å². The Morgan fingerprint density at radius 1 is 1.29 bits per heavy atom. The van der Waals surface area contributed by atoms with Crippen molar-refractivity contribution in [2.75, 3.05) is 12.4 Å². The molecule has 2 rings (SSSR count). The third-order valence-electron chi connectivity index (χ3n) is 3.11. The first kappa shape index (κ1) is 15.9. The van der Waals surface area contributed by atoms with Crippen molar-refractivity contribution in [3.63, 3.8) is 0 Å². The van der Waals surface area contributed by atoms with Crippen LogP contribution in [0.1, 0.15) is 21.5 Å². The number of rotatable bonds is 4. The second-order valence-corrected chi connectivity index (χ2v) is 5.91. The summed E-state index contributed by atoms with van der Waals surface area (Å²) >= 11 is 9.44. The molecule has 1 N–H and O–H groups in total. The Bertz CT molecular complexity index is 673. The first-order chi connectivity index (χ1) is 10.0. The predicted octanol–water partition coefficient (Wildman–Crippen LogP) is 4.81. The normalized spacial score (nSPS) is 10.3. The molecule has 0 bridgehead atoms. The zero-order valence-electron chi connectivity index (χ0n) is 11.7. The monoisotopic (exact) mass is 367 g/mol. The van der Waals surface area contributed by atoms with Gasteiger partial charge in [-0.25, -0.2) is 4.79 Å². The minimum Gasteiger partial charge on any atom is -0.465 e. The van der Waals surface area contributed by atoms with Gasteiger partial charge in [-0.05, 0) is 42.3 Å². The lowest BCUT2D eigenvalue weighted by Gasteiger charge is -2.12. The summed E-state index contributed by atoms with van der Waals surface area (Å²) in [5, 5.41) is 3.74. The zero-order chi connectivity index (χ0) is 15.4. The molecule has 2 aromatic rings. The highest BCUT2D eigenvalue weighted by Crippen LogP contribution is 2.23. The molecule has 0 aromatic heterocycles. The van der Waals surface area contributed by atoms with Crippen molar-refractivity contribution in [2.24, 2.45) is 0 Å². The van der Waals surface area contributed by atoms with E-state index in [1.807, 2.05) is 19.1 Å². The number of anilines is 1. The van der Waals surface area contributed by atoms with Crippen LogP contribution in [0.2, 0.25) is 5.02 Å². The second kappa shape index (κ2) is 6.96. The van der Waals surface area contributed by atoms with E-state index >= 15 is 0 Å². The molecule has 5 heteroatoms. The van der Waals surface area contributed by atoms with Crippen molar-refractivity contribution in [1.82, 2.24) is 0 Å². The molecular formula is C16H15BrClNO2. The van der Waals surface area contributed by atoms with Gasteiger partial charge in [0, 0.05) is 21.7 Å². The van der Waals surface area contributed by atoms with Crippen LogP contribution in [0.5, 0.6) is 0 Å². The Morgan fingerprint density at radius 2 is 2.05 bits per heavy atom. The summed E-state index contributed by atoms with van der Waals surface area (Å²) in [4.78, 5) is 11.8. The van der Waals surface area contributed by atoms with Crippen molar-refractivity contribution in [1.29, 1.82) is 0 Å². The van der Waals surface area contributed by atoms with Crippen LogP contribution in [0.4, 0.5) is 5.69 Å². The van der Waals surface area contributed by atoms with Crippen molar-refractivity contribution >= 4 is 39.2 Å². The quantitative estimate of drug-likeness (QED) is 0.787. The van der Waals surface area contributed by atoms with E-state index in [9.17, 15) is 4.79 Å².